The third-order valence-corrected chi connectivity index (χ3v) is 2.74. The molecule has 0 heterocycles. The highest BCUT2D eigenvalue weighted by atomic mass is 35.5. The van der Waals surface area contributed by atoms with Gasteiger partial charge in [0.05, 0.1) is 19.3 Å². The normalized spacial score (nSPS) is 14.6. The fourth-order valence-electron chi connectivity index (χ4n) is 1.50. The zero-order chi connectivity index (χ0) is 12.1. The lowest BCUT2D eigenvalue weighted by atomic mass is 10.0. The maximum Gasteiger partial charge on any atom is 0.124 e. The summed E-state index contributed by atoms with van der Waals surface area (Å²) < 4.78 is 10.3. The van der Waals surface area contributed by atoms with Gasteiger partial charge in [0.2, 0.25) is 0 Å². The number of benzene rings is 1. The number of rotatable bonds is 5. The van der Waals surface area contributed by atoms with Crippen molar-refractivity contribution in [1.82, 2.24) is 0 Å². The molecule has 0 fully saturated rings. The van der Waals surface area contributed by atoms with E-state index in [-0.39, 0.29) is 6.10 Å². The fraction of sp³-hybridized carbons (Fsp3) is 0.500. The molecule has 90 valence electrons. The molecule has 0 amide bonds. The summed E-state index contributed by atoms with van der Waals surface area (Å²) in [6.45, 7) is 1.90. The quantitative estimate of drug-likeness (QED) is 0.866. The molecule has 16 heavy (non-hydrogen) atoms. The van der Waals surface area contributed by atoms with Gasteiger partial charge in [-0.1, -0.05) is 11.6 Å². The number of hydrogen-bond donors (Lipinski definition) is 1. The number of ether oxygens (including phenoxy) is 2. The van der Waals surface area contributed by atoms with E-state index in [0.29, 0.717) is 22.8 Å². The first kappa shape index (κ1) is 13.3. The van der Waals surface area contributed by atoms with E-state index in [2.05, 4.69) is 0 Å². The average Bonchev–Trinajstić information content (AvgIpc) is 2.28. The van der Waals surface area contributed by atoms with Gasteiger partial charge in [-0.05, 0) is 25.1 Å². The molecular formula is C12H17ClO3. The minimum absolute atomic E-state index is 0.0151. The summed E-state index contributed by atoms with van der Waals surface area (Å²) in [4.78, 5) is 0. The Balaban J connectivity index is 2.88. The Morgan fingerprint density at radius 3 is 2.62 bits per heavy atom. The first-order valence-electron chi connectivity index (χ1n) is 5.12. The number of aliphatic hydroxyl groups is 1. The monoisotopic (exact) mass is 244 g/mol. The molecule has 2 atom stereocenters. The van der Waals surface area contributed by atoms with Crippen molar-refractivity contribution in [3.05, 3.63) is 28.8 Å². The lowest BCUT2D eigenvalue weighted by Gasteiger charge is -2.18. The lowest BCUT2D eigenvalue weighted by Crippen LogP contribution is -2.11. The van der Waals surface area contributed by atoms with Crippen LogP contribution in [0.1, 0.15) is 25.0 Å². The van der Waals surface area contributed by atoms with Crippen LogP contribution in [0.4, 0.5) is 0 Å². The zero-order valence-electron chi connectivity index (χ0n) is 9.74. The summed E-state index contributed by atoms with van der Waals surface area (Å²) in [6, 6.07) is 5.20. The van der Waals surface area contributed by atoms with Gasteiger partial charge in [-0.3, -0.25) is 0 Å². The third kappa shape index (κ3) is 3.37. The molecule has 3 nitrogen and oxygen atoms in total. The molecule has 1 N–H and O–H groups in total. The Labute approximate surface area is 101 Å². The van der Waals surface area contributed by atoms with Gasteiger partial charge in [0, 0.05) is 24.1 Å². The number of methoxy groups -OCH3 is 2. The van der Waals surface area contributed by atoms with Gasteiger partial charge in [-0.15, -0.1) is 0 Å². The van der Waals surface area contributed by atoms with E-state index in [0.717, 1.165) is 0 Å². The molecule has 0 aromatic heterocycles. The van der Waals surface area contributed by atoms with Crippen LogP contribution in [0.25, 0.3) is 0 Å². The molecule has 0 aliphatic heterocycles. The van der Waals surface area contributed by atoms with Crippen molar-refractivity contribution in [2.24, 2.45) is 0 Å². The van der Waals surface area contributed by atoms with Crippen LogP contribution in [0.2, 0.25) is 5.02 Å². The number of hydrogen-bond acceptors (Lipinski definition) is 3. The molecule has 0 radical (unpaired) electrons. The van der Waals surface area contributed by atoms with Crippen molar-refractivity contribution < 1.29 is 14.6 Å². The van der Waals surface area contributed by atoms with Gasteiger partial charge in [0.15, 0.2) is 0 Å². The molecule has 0 spiro atoms. The van der Waals surface area contributed by atoms with Crippen LogP contribution in [0.5, 0.6) is 5.75 Å². The summed E-state index contributed by atoms with van der Waals surface area (Å²) in [5, 5.41) is 10.6. The highest BCUT2D eigenvalue weighted by Crippen LogP contribution is 2.30. The van der Waals surface area contributed by atoms with Crippen LogP contribution in [-0.2, 0) is 4.74 Å². The van der Waals surface area contributed by atoms with E-state index in [1.54, 1.807) is 32.4 Å². The second-order valence-corrected chi connectivity index (χ2v) is 4.12. The van der Waals surface area contributed by atoms with Crippen molar-refractivity contribution in [1.29, 1.82) is 0 Å². The Kier molecular flexibility index (Phi) is 5.06. The van der Waals surface area contributed by atoms with Crippen LogP contribution in [0.15, 0.2) is 18.2 Å². The van der Waals surface area contributed by atoms with Gasteiger partial charge in [-0.2, -0.15) is 0 Å². The molecule has 1 aromatic carbocycles. The van der Waals surface area contributed by atoms with E-state index in [9.17, 15) is 5.11 Å². The minimum Gasteiger partial charge on any atom is -0.496 e. The zero-order valence-corrected chi connectivity index (χ0v) is 10.5. The van der Waals surface area contributed by atoms with Crippen molar-refractivity contribution in [3.63, 3.8) is 0 Å². The molecular weight excluding hydrogens is 228 g/mol. The van der Waals surface area contributed by atoms with Gasteiger partial charge in [0.1, 0.15) is 5.75 Å². The molecule has 1 rings (SSSR count). The summed E-state index contributed by atoms with van der Waals surface area (Å²) in [6.07, 6.45) is -0.144. The van der Waals surface area contributed by atoms with Crippen molar-refractivity contribution in [3.8, 4) is 5.75 Å². The molecule has 4 heteroatoms. The summed E-state index contributed by atoms with van der Waals surface area (Å²) in [7, 11) is 3.19. The van der Waals surface area contributed by atoms with Gasteiger partial charge >= 0.3 is 0 Å². The molecule has 0 aliphatic rings. The first-order chi connectivity index (χ1) is 7.58. The Morgan fingerprint density at radius 2 is 2.06 bits per heavy atom. The maximum absolute atomic E-state index is 10.0. The van der Waals surface area contributed by atoms with Gasteiger partial charge in [0.25, 0.3) is 0 Å². The molecule has 0 saturated carbocycles. The topological polar surface area (TPSA) is 38.7 Å². The third-order valence-electron chi connectivity index (χ3n) is 2.51. The van der Waals surface area contributed by atoms with Crippen LogP contribution < -0.4 is 4.74 Å². The summed E-state index contributed by atoms with van der Waals surface area (Å²) in [5.41, 5.74) is 0.693. The Bertz CT molecular complexity index is 341. The molecule has 0 saturated heterocycles. The molecule has 0 bridgehead atoms. The van der Waals surface area contributed by atoms with E-state index in [1.165, 1.54) is 0 Å². The van der Waals surface area contributed by atoms with Crippen molar-refractivity contribution >= 4 is 11.6 Å². The minimum atomic E-state index is -0.636. The lowest BCUT2D eigenvalue weighted by molar-refractivity contribution is 0.0550. The van der Waals surface area contributed by atoms with Crippen molar-refractivity contribution in [2.45, 2.75) is 25.6 Å². The maximum atomic E-state index is 10.0. The van der Waals surface area contributed by atoms with Crippen LogP contribution in [0, 0.1) is 0 Å². The molecule has 2 unspecified atom stereocenters. The first-order valence-corrected chi connectivity index (χ1v) is 5.50. The van der Waals surface area contributed by atoms with Crippen LogP contribution in [-0.4, -0.2) is 25.4 Å². The Morgan fingerprint density at radius 1 is 1.38 bits per heavy atom. The smallest absolute Gasteiger partial charge is 0.124 e. The summed E-state index contributed by atoms with van der Waals surface area (Å²) >= 11 is 5.89. The largest absolute Gasteiger partial charge is 0.496 e. The second kappa shape index (κ2) is 6.09. The second-order valence-electron chi connectivity index (χ2n) is 3.68. The van der Waals surface area contributed by atoms with E-state index in [1.807, 2.05) is 6.92 Å². The fourth-order valence-corrected chi connectivity index (χ4v) is 1.68. The van der Waals surface area contributed by atoms with E-state index in [4.69, 9.17) is 21.1 Å². The average molecular weight is 245 g/mol. The summed E-state index contributed by atoms with van der Waals surface area (Å²) in [5.74, 6) is 0.639. The van der Waals surface area contributed by atoms with Crippen LogP contribution >= 0.6 is 11.6 Å². The standard InChI is InChI=1S/C12H17ClO3/c1-8(15-2)6-11(14)10-7-9(13)4-5-12(10)16-3/h4-5,7-8,11,14H,6H2,1-3H3. The predicted molar refractivity (Wildman–Crippen MR) is 64.1 cm³/mol. The number of halogens is 1. The Hall–Kier alpha value is -0.770. The SMILES string of the molecule is COc1ccc(Cl)cc1C(O)CC(C)OC. The highest BCUT2D eigenvalue weighted by Gasteiger charge is 2.16. The molecule has 0 aliphatic carbocycles. The van der Waals surface area contributed by atoms with Crippen molar-refractivity contribution in [2.75, 3.05) is 14.2 Å². The van der Waals surface area contributed by atoms with E-state index < -0.39 is 6.10 Å². The predicted octanol–water partition coefficient (Wildman–Crippen LogP) is 2.81. The van der Waals surface area contributed by atoms with E-state index >= 15 is 0 Å². The van der Waals surface area contributed by atoms with Gasteiger partial charge in [-0.25, -0.2) is 0 Å². The highest BCUT2D eigenvalue weighted by molar-refractivity contribution is 6.30. The van der Waals surface area contributed by atoms with Crippen LogP contribution in [0.3, 0.4) is 0 Å². The van der Waals surface area contributed by atoms with Gasteiger partial charge < -0.3 is 14.6 Å². The number of aliphatic hydroxyl groups excluding tert-OH is 1. The molecule has 1 aromatic rings.